The van der Waals surface area contributed by atoms with Gasteiger partial charge in [-0.3, -0.25) is 13.9 Å². The first kappa shape index (κ1) is 29.7. The van der Waals surface area contributed by atoms with E-state index in [1.807, 2.05) is 19.1 Å². The summed E-state index contributed by atoms with van der Waals surface area (Å²) in [5.74, 6) is -1.20. The van der Waals surface area contributed by atoms with Crippen molar-refractivity contribution in [3.05, 3.63) is 95.6 Å². The summed E-state index contributed by atoms with van der Waals surface area (Å²) in [4.78, 5) is 27.6. The lowest BCUT2D eigenvalue weighted by molar-refractivity contribution is -0.140. The van der Waals surface area contributed by atoms with Gasteiger partial charge in [-0.1, -0.05) is 61.0 Å². The molecule has 7 nitrogen and oxygen atoms in total. The molecular formula is C28H30F3N3O4S. The number of benzene rings is 3. The van der Waals surface area contributed by atoms with E-state index < -0.39 is 46.2 Å². The monoisotopic (exact) mass is 561 g/mol. The fraction of sp³-hybridized carbons (Fsp3) is 0.286. The minimum Gasteiger partial charge on any atom is -0.357 e. The summed E-state index contributed by atoms with van der Waals surface area (Å²) in [7, 11) is -3.04. The third kappa shape index (κ3) is 7.17. The Balaban J connectivity index is 2.11. The molecule has 0 unspecified atom stereocenters. The SMILES string of the molecule is CC[C@H](C(=O)NC)N(Cc1cccc(C)c1)C(=O)CN(c1cccc(C(F)(F)F)c1)S(=O)(=O)c1ccccc1. The summed E-state index contributed by atoms with van der Waals surface area (Å²) in [6, 6.07) is 17.3. The Morgan fingerprint density at radius 1 is 0.949 bits per heavy atom. The minimum atomic E-state index is -4.73. The molecular weight excluding hydrogens is 531 g/mol. The van der Waals surface area contributed by atoms with Crippen molar-refractivity contribution in [3.8, 4) is 0 Å². The van der Waals surface area contributed by atoms with E-state index in [9.17, 15) is 31.2 Å². The molecule has 0 heterocycles. The van der Waals surface area contributed by atoms with Crippen LogP contribution in [0.15, 0.2) is 83.8 Å². The Hall–Kier alpha value is -3.86. The molecule has 3 rings (SSSR count). The van der Waals surface area contributed by atoms with Gasteiger partial charge < -0.3 is 10.2 Å². The predicted molar refractivity (Wildman–Crippen MR) is 142 cm³/mol. The molecule has 39 heavy (non-hydrogen) atoms. The molecule has 3 aromatic rings. The zero-order valence-electron chi connectivity index (χ0n) is 21.8. The molecule has 2 amide bonds. The van der Waals surface area contributed by atoms with Crippen molar-refractivity contribution in [2.75, 3.05) is 17.9 Å². The highest BCUT2D eigenvalue weighted by Gasteiger charge is 2.35. The van der Waals surface area contributed by atoms with Gasteiger partial charge in [-0.2, -0.15) is 13.2 Å². The molecule has 0 saturated carbocycles. The minimum absolute atomic E-state index is 0.00570. The van der Waals surface area contributed by atoms with Gasteiger partial charge in [0.25, 0.3) is 10.0 Å². The quantitative estimate of drug-likeness (QED) is 0.387. The van der Waals surface area contributed by atoms with Gasteiger partial charge in [0.2, 0.25) is 11.8 Å². The smallest absolute Gasteiger partial charge is 0.357 e. The molecule has 1 atom stereocenters. The van der Waals surface area contributed by atoms with E-state index in [1.165, 1.54) is 42.3 Å². The fourth-order valence-corrected chi connectivity index (χ4v) is 5.61. The number of likely N-dealkylation sites (N-methyl/N-ethyl adjacent to an activating group) is 1. The molecule has 1 N–H and O–H groups in total. The van der Waals surface area contributed by atoms with Crippen molar-refractivity contribution in [1.29, 1.82) is 0 Å². The number of rotatable bonds is 10. The van der Waals surface area contributed by atoms with Crippen LogP contribution in [0.25, 0.3) is 0 Å². The van der Waals surface area contributed by atoms with Crippen LogP contribution in [0.2, 0.25) is 0 Å². The Labute approximate surface area is 226 Å². The number of halogens is 3. The molecule has 0 aliphatic carbocycles. The molecule has 0 fully saturated rings. The number of hydrogen-bond acceptors (Lipinski definition) is 4. The number of nitrogens with one attached hydrogen (secondary N) is 1. The average Bonchev–Trinajstić information content (AvgIpc) is 2.91. The molecule has 11 heteroatoms. The van der Waals surface area contributed by atoms with E-state index in [2.05, 4.69) is 5.32 Å². The number of carbonyl (C=O) groups excluding carboxylic acids is 2. The van der Waals surface area contributed by atoms with Crippen molar-refractivity contribution < 1.29 is 31.2 Å². The second-order valence-corrected chi connectivity index (χ2v) is 10.8. The van der Waals surface area contributed by atoms with E-state index in [4.69, 9.17) is 0 Å². The van der Waals surface area contributed by atoms with Crippen LogP contribution in [0.4, 0.5) is 18.9 Å². The Morgan fingerprint density at radius 3 is 2.21 bits per heavy atom. The number of anilines is 1. The van der Waals surface area contributed by atoms with Crippen LogP contribution in [0.1, 0.15) is 30.0 Å². The number of nitrogens with zero attached hydrogens (tertiary/aromatic N) is 2. The number of sulfonamides is 1. The summed E-state index contributed by atoms with van der Waals surface area (Å²) >= 11 is 0. The van der Waals surface area contributed by atoms with Gasteiger partial charge in [-0.05, 0) is 49.2 Å². The lowest BCUT2D eigenvalue weighted by Gasteiger charge is -2.33. The van der Waals surface area contributed by atoms with Crippen molar-refractivity contribution >= 4 is 27.5 Å². The zero-order valence-corrected chi connectivity index (χ0v) is 22.6. The lowest BCUT2D eigenvalue weighted by atomic mass is 10.1. The topological polar surface area (TPSA) is 86.8 Å². The van der Waals surface area contributed by atoms with Gasteiger partial charge in [0, 0.05) is 13.6 Å². The van der Waals surface area contributed by atoms with E-state index in [0.717, 1.165) is 17.7 Å². The van der Waals surface area contributed by atoms with Gasteiger partial charge in [0.15, 0.2) is 0 Å². The van der Waals surface area contributed by atoms with Crippen LogP contribution in [-0.4, -0.2) is 44.8 Å². The molecule has 0 radical (unpaired) electrons. The van der Waals surface area contributed by atoms with E-state index in [0.29, 0.717) is 15.9 Å². The first-order chi connectivity index (χ1) is 18.4. The maximum Gasteiger partial charge on any atom is 0.416 e. The second kappa shape index (κ2) is 12.3. The standard InChI is InChI=1S/C28H30F3N3O4S/c1-4-25(27(36)32-3)33(18-21-11-8-10-20(2)16-21)26(35)19-34(39(37,38)24-14-6-5-7-15-24)23-13-9-12-22(17-23)28(29,30)31/h5-17,25H,4,18-19H2,1-3H3,(H,32,36)/t25-/m1/s1. The normalized spacial score (nSPS) is 12.5. The second-order valence-electron chi connectivity index (χ2n) is 8.92. The van der Waals surface area contributed by atoms with Crippen molar-refractivity contribution in [2.45, 2.75) is 43.9 Å². The number of hydrogen-bond donors (Lipinski definition) is 1. The molecule has 0 saturated heterocycles. The number of alkyl halides is 3. The van der Waals surface area contributed by atoms with Gasteiger partial charge in [-0.25, -0.2) is 8.42 Å². The van der Waals surface area contributed by atoms with Crippen LogP contribution in [0.5, 0.6) is 0 Å². The number of carbonyl (C=O) groups is 2. The van der Waals surface area contributed by atoms with Crippen LogP contribution < -0.4 is 9.62 Å². The summed E-state index contributed by atoms with van der Waals surface area (Å²) in [6.45, 7) is 2.75. The highest BCUT2D eigenvalue weighted by molar-refractivity contribution is 7.92. The van der Waals surface area contributed by atoms with Crippen LogP contribution in [0, 0.1) is 6.92 Å². The maximum absolute atomic E-state index is 13.8. The maximum atomic E-state index is 13.8. The Morgan fingerprint density at radius 2 is 1.62 bits per heavy atom. The molecule has 0 spiro atoms. The van der Waals surface area contributed by atoms with E-state index in [1.54, 1.807) is 25.1 Å². The van der Waals surface area contributed by atoms with Crippen LogP contribution in [-0.2, 0) is 32.3 Å². The van der Waals surface area contributed by atoms with Crippen LogP contribution in [0.3, 0.4) is 0 Å². The predicted octanol–water partition coefficient (Wildman–Crippen LogP) is 4.76. The first-order valence-electron chi connectivity index (χ1n) is 12.2. The van der Waals surface area contributed by atoms with Crippen LogP contribution >= 0.6 is 0 Å². The highest BCUT2D eigenvalue weighted by Crippen LogP contribution is 2.33. The fourth-order valence-electron chi connectivity index (χ4n) is 4.18. The number of amides is 2. The number of aryl methyl sites for hydroxylation is 1. The van der Waals surface area contributed by atoms with E-state index in [-0.39, 0.29) is 23.5 Å². The molecule has 0 aromatic heterocycles. The molecule has 0 aliphatic rings. The molecule has 0 aliphatic heterocycles. The lowest BCUT2D eigenvalue weighted by Crippen LogP contribution is -2.51. The van der Waals surface area contributed by atoms with Crippen molar-refractivity contribution in [2.24, 2.45) is 0 Å². The zero-order chi connectivity index (χ0) is 28.8. The van der Waals surface area contributed by atoms with Crippen molar-refractivity contribution in [1.82, 2.24) is 10.2 Å². The van der Waals surface area contributed by atoms with Gasteiger partial charge in [0.05, 0.1) is 16.1 Å². The van der Waals surface area contributed by atoms with Gasteiger partial charge >= 0.3 is 6.18 Å². The Kier molecular flexibility index (Phi) is 9.39. The van der Waals surface area contributed by atoms with Gasteiger partial charge in [0.1, 0.15) is 12.6 Å². The summed E-state index contributed by atoms with van der Waals surface area (Å²) in [5, 5.41) is 2.52. The third-order valence-corrected chi connectivity index (χ3v) is 7.93. The Bertz CT molecular complexity index is 1410. The third-order valence-electron chi connectivity index (χ3n) is 6.14. The summed E-state index contributed by atoms with van der Waals surface area (Å²) < 4.78 is 68.5. The van der Waals surface area contributed by atoms with Crippen molar-refractivity contribution in [3.63, 3.8) is 0 Å². The average molecular weight is 562 g/mol. The first-order valence-corrected chi connectivity index (χ1v) is 13.6. The largest absolute Gasteiger partial charge is 0.416 e. The summed E-state index contributed by atoms with van der Waals surface area (Å²) in [5.41, 5.74) is 0.243. The highest BCUT2D eigenvalue weighted by atomic mass is 32.2. The molecule has 0 bridgehead atoms. The summed E-state index contributed by atoms with van der Waals surface area (Å²) in [6.07, 6.45) is -4.50. The van der Waals surface area contributed by atoms with E-state index >= 15 is 0 Å². The molecule has 3 aromatic carbocycles. The molecule has 208 valence electrons. The van der Waals surface area contributed by atoms with Gasteiger partial charge in [-0.15, -0.1) is 0 Å².